The fourth-order valence-corrected chi connectivity index (χ4v) is 1.24. The first-order valence-corrected chi connectivity index (χ1v) is 5.10. The minimum absolute atomic E-state index is 0.0317. The summed E-state index contributed by atoms with van der Waals surface area (Å²) in [4.78, 5) is 10.9. The Kier molecular flexibility index (Phi) is 4.83. The molecule has 0 bridgehead atoms. The molecule has 0 unspecified atom stereocenters. The van der Waals surface area contributed by atoms with Gasteiger partial charge < -0.3 is 9.47 Å². The second-order valence-corrected chi connectivity index (χ2v) is 3.34. The maximum atomic E-state index is 10.9. The Balaban J connectivity index is 3.03. The minimum Gasteiger partial charge on any atom is -0.497 e. The van der Waals surface area contributed by atoms with E-state index in [0.29, 0.717) is 11.5 Å². The van der Waals surface area contributed by atoms with Gasteiger partial charge in [0, 0.05) is 5.56 Å². The summed E-state index contributed by atoms with van der Waals surface area (Å²) in [6, 6.07) is 5.32. The van der Waals surface area contributed by atoms with E-state index in [9.17, 15) is 4.79 Å². The van der Waals surface area contributed by atoms with Gasteiger partial charge in [-0.05, 0) is 37.3 Å². The van der Waals surface area contributed by atoms with Crippen molar-refractivity contribution in [2.24, 2.45) is 0 Å². The van der Waals surface area contributed by atoms with Crippen LogP contribution in [0.5, 0.6) is 11.5 Å². The van der Waals surface area contributed by atoms with Gasteiger partial charge in [0.15, 0.2) is 5.78 Å². The summed E-state index contributed by atoms with van der Waals surface area (Å²) in [6.07, 6.45) is 8.28. The molecule has 0 amide bonds. The topological polar surface area (TPSA) is 35.5 Å². The van der Waals surface area contributed by atoms with E-state index in [1.54, 1.807) is 31.4 Å². The summed E-state index contributed by atoms with van der Waals surface area (Å²) in [7, 11) is 1.58. The zero-order valence-electron chi connectivity index (χ0n) is 9.90. The summed E-state index contributed by atoms with van der Waals surface area (Å²) in [5.74, 6) is 3.68. The van der Waals surface area contributed by atoms with Gasteiger partial charge in [-0.3, -0.25) is 4.79 Å². The Morgan fingerprint density at radius 2 is 2.29 bits per heavy atom. The molecule has 0 heterocycles. The molecule has 0 aliphatic heterocycles. The van der Waals surface area contributed by atoms with Gasteiger partial charge in [0.25, 0.3) is 0 Å². The molecule has 0 radical (unpaired) electrons. The standard InChI is InChI=1S/C14H14O3/c1-4-9-17-14-8-7-13(16-3)10-12(14)6-5-11(2)15/h1,5-8,10H,9H2,2-3H3/b6-5+. The van der Waals surface area contributed by atoms with Crippen molar-refractivity contribution < 1.29 is 14.3 Å². The molecular weight excluding hydrogens is 216 g/mol. The third kappa shape index (κ3) is 4.04. The highest BCUT2D eigenvalue weighted by Crippen LogP contribution is 2.25. The highest BCUT2D eigenvalue weighted by atomic mass is 16.5. The number of hydrogen-bond donors (Lipinski definition) is 0. The van der Waals surface area contributed by atoms with Gasteiger partial charge in [0.1, 0.15) is 18.1 Å². The van der Waals surface area contributed by atoms with E-state index in [1.165, 1.54) is 13.0 Å². The lowest BCUT2D eigenvalue weighted by Gasteiger charge is -2.08. The molecule has 0 fully saturated rings. The van der Waals surface area contributed by atoms with Crippen molar-refractivity contribution in [2.45, 2.75) is 6.92 Å². The Labute approximate surface area is 101 Å². The average molecular weight is 230 g/mol. The van der Waals surface area contributed by atoms with Crippen LogP contribution >= 0.6 is 0 Å². The Morgan fingerprint density at radius 1 is 1.53 bits per heavy atom. The van der Waals surface area contributed by atoms with Crippen molar-refractivity contribution >= 4 is 11.9 Å². The van der Waals surface area contributed by atoms with Gasteiger partial charge in [-0.15, -0.1) is 6.42 Å². The van der Waals surface area contributed by atoms with Gasteiger partial charge >= 0.3 is 0 Å². The van der Waals surface area contributed by atoms with Crippen molar-refractivity contribution in [1.82, 2.24) is 0 Å². The van der Waals surface area contributed by atoms with Crippen LogP contribution in [0.4, 0.5) is 0 Å². The second kappa shape index (κ2) is 6.39. The molecule has 0 saturated carbocycles. The number of rotatable bonds is 5. The first-order valence-electron chi connectivity index (χ1n) is 5.10. The predicted octanol–water partition coefficient (Wildman–Crippen LogP) is 2.31. The molecule has 1 rings (SSSR count). The highest BCUT2D eigenvalue weighted by molar-refractivity contribution is 5.92. The molecule has 0 aliphatic rings. The summed E-state index contributed by atoms with van der Waals surface area (Å²) in [5, 5.41) is 0. The van der Waals surface area contributed by atoms with Crippen LogP contribution in [0, 0.1) is 12.3 Å². The van der Waals surface area contributed by atoms with Crippen LogP contribution < -0.4 is 9.47 Å². The van der Waals surface area contributed by atoms with Crippen molar-refractivity contribution in [3.8, 4) is 23.8 Å². The van der Waals surface area contributed by atoms with E-state index in [4.69, 9.17) is 15.9 Å². The van der Waals surface area contributed by atoms with E-state index >= 15 is 0 Å². The summed E-state index contributed by atoms with van der Waals surface area (Å²) < 4.78 is 10.5. The zero-order chi connectivity index (χ0) is 12.7. The SMILES string of the molecule is C#CCOc1ccc(OC)cc1/C=C/C(C)=O. The van der Waals surface area contributed by atoms with E-state index in [2.05, 4.69) is 5.92 Å². The van der Waals surface area contributed by atoms with Crippen LogP contribution in [0.3, 0.4) is 0 Å². The average Bonchev–Trinajstić information content (AvgIpc) is 2.34. The van der Waals surface area contributed by atoms with Gasteiger partial charge in [-0.25, -0.2) is 0 Å². The van der Waals surface area contributed by atoms with Crippen LogP contribution in [0.15, 0.2) is 24.3 Å². The number of methoxy groups -OCH3 is 1. The number of benzene rings is 1. The number of ether oxygens (including phenoxy) is 2. The Hall–Kier alpha value is -2.21. The molecule has 0 aliphatic carbocycles. The molecule has 88 valence electrons. The smallest absolute Gasteiger partial charge is 0.152 e. The number of hydrogen-bond acceptors (Lipinski definition) is 3. The van der Waals surface area contributed by atoms with E-state index < -0.39 is 0 Å². The fourth-order valence-electron chi connectivity index (χ4n) is 1.24. The van der Waals surface area contributed by atoms with Crippen LogP contribution in [0.25, 0.3) is 6.08 Å². The summed E-state index contributed by atoms with van der Waals surface area (Å²) >= 11 is 0. The molecule has 0 atom stereocenters. The number of allylic oxidation sites excluding steroid dienone is 1. The lowest BCUT2D eigenvalue weighted by molar-refractivity contribution is -0.112. The van der Waals surface area contributed by atoms with Crippen LogP contribution in [-0.4, -0.2) is 19.5 Å². The monoisotopic (exact) mass is 230 g/mol. The predicted molar refractivity (Wildman–Crippen MR) is 67.0 cm³/mol. The highest BCUT2D eigenvalue weighted by Gasteiger charge is 2.03. The van der Waals surface area contributed by atoms with Crippen LogP contribution in [0.2, 0.25) is 0 Å². The first-order chi connectivity index (χ1) is 8.17. The molecule has 17 heavy (non-hydrogen) atoms. The van der Waals surface area contributed by atoms with Crippen molar-refractivity contribution in [1.29, 1.82) is 0 Å². The first kappa shape index (κ1) is 12.9. The molecule has 1 aromatic carbocycles. The number of carbonyl (C=O) groups is 1. The minimum atomic E-state index is -0.0317. The summed E-state index contributed by atoms with van der Waals surface area (Å²) in [6.45, 7) is 1.67. The quantitative estimate of drug-likeness (QED) is 0.575. The molecule has 3 heteroatoms. The number of carbonyl (C=O) groups excluding carboxylic acids is 1. The van der Waals surface area contributed by atoms with Crippen LogP contribution in [0.1, 0.15) is 12.5 Å². The van der Waals surface area contributed by atoms with E-state index in [0.717, 1.165) is 5.56 Å². The molecule has 3 nitrogen and oxygen atoms in total. The molecule has 1 aromatic rings. The molecule has 0 N–H and O–H groups in total. The zero-order valence-corrected chi connectivity index (χ0v) is 9.90. The molecule has 0 saturated heterocycles. The summed E-state index contributed by atoms with van der Waals surface area (Å²) in [5.41, 5.74) is 0.759. The molecular formula is C14H14O3. The van der Waals surface area contributed by atoms with Gasteiger partial charge in [-0.1, -0.05) is 5.92 Å². The van der Waals surface area contributed by atoms with Gasteiger partial charge in [0.05, 0.1) is 7.11 Å². The van der Waals surface area contributed by atoms with E-state index in [-0.39, 0.29) is 12.4 Å². The second-order valence-electron chi connectivity index (χ2n) is 3.34. The number of terminal acetylenes is 1. The lowest BCUT2D eigenvalue weighted by atomic mass is 10.1. The van der Waals surface area contributed by atoms with E-state index in [1.807, 2.05) is 0 Å². The maximum absolute atomic E-state index is 10.9. The fraction of sp³-hybridized carbons (Fsp3) is 0.214. The van der Waals surface area contributed by atoms with Gasteiger partial charge in [0.2, 0.25) is 0 Å². The van der Waals surface area contributed by atoms with Crippen molar-refractivity contribution in [3.63, 3.8) is 0 Å². The van der Waals surface area contributed by atoms with Crippen molar-refractivity contribution in [3.05, 3.63) is 29.8 Å². The maximum Gasteiger partial charge on any atom is 0.152 e. The van der Waals surface area contributed by atoms with Crippen molar-refractivity contribution in [2.75, 3.05) is 13.7 Å². The number of ketones is 1. The normalized spacial score (nSPS) is 9.94. The lowest BCUT2D eigenvalue weighted by Crippen LogP contribution is -1.96. The Morgan fingerprint density at radius 3 is 2.88 bits per heavy atom. The molecule has 0 spiro atoms. The molecule has 0 aromatic heterocycles. The third-order valence-corrected chi connectivity index (χ3v) is 2.03. The third-order valence-electron chi connectivity index (χ3n) is 2.03. The van der Waals surface area contributed by atoms with Crippen LogP contribution in [-0.2, 0) is 4.79 Å². The van der Waals surface area contributed by atoms with Gasteiger partial charge in [-0.2, -0.15) is 0 Å². The Bertz CT molecular complexity index is 467. The largest absolute Gasteiger partial charge is 0.497 e.